The molecule has 0 bridgehead atoms. The molecule has 3 aromatic heterocycles. The van der Waals surface area contributed by atoms with E-state index in [4.69, 9.17) is 11.6 Å². The zero-order chi connectivity index (χ0) is 22.2. The maximum absolute atomic E-state index is 12.9. The molecule has 0 aromatic carbocycles. The maximum Gasteiger partial charge on any atom is 0.235 e. The van der Waals surface area contributed by atoms with Crippen LogP contribution in [-0.4, -0.2) is 59.6 Å². The van der Waals surface area contributed by atoms with Crippen molar-refractivity contribution < 1.29 is 13.2 Å². The van der Waals surface area contributed by atoms with Crippen molar-refractivity contribution in [3.63, 3.8) is 0 Å². The first-order valence-electron chi connectivity index (χ1n) is 9.62. The van der Waals surface area contributed by atoms with E-state index in [2.05, 4.69) is 29.9 Å². The summed E-state index contributed by atoms with van der Waals surface area (Å²) in [6.07, 6.45) is 2.67. The van der Waals surface area contributed by atoms with E-state index in [1.165, 1.54) is 18.3 Å². The molecule has 3 aromatic rings. The highest BCUT2D eigenvalue weighted by molar-refractivity contribution is 7.93. The van der Waals surface area contributed by atoms with Crippen LogP contribution in [-0.2, 0) is 14.8 Å². The van der Waals surface area contributed by atoms with Gasteiger partial charge in [-0.3, -0.25) is 9.52 Å². The highest BCUT2D eigenvalue weighted by atomic mass is 35.5. The Morgan fingerprint density at radius 1 is 1.26 bits per heavy atom. The molecule has 1 saturated heterocycles. The summed E-state index contributed by atoms with van der Waals surface area (Å²) in [5.41, 5.74) is 2.09. The van der Waals surface area contributed by atoms with Crippen molar-refractivity contribution in [3.8, 4) is 11.3 Å². The number of aromatic nitrogens is 3. The van der Waals surface area contributed by atoms with Gasteiger partial charge in [-0.15, -0.1) is 0 Å². The number of nitrogens with zero attached hydrogens (tertiary/aromatic N) is 4. The number of anilines is 2. The summed E-state index contributed by atoms with van der Waals surface area (Å²) < 4.78 is 28.3. The number of rotatable bonds is 5. The standard InChI is InChI=1S/C19H21ClN6O3S2/c1-11(27)22-19-24-15-4-3-14(23-18(15)30-19)12-9-16(17(20)21-10-12)25-31(28,29)13-5-7-26(2)8-6-13/h3-4,9-10,13,25H,5-8H2,1-2H3,(H,22,24,27). The molecule has 9 nitrogen and oxygen atoms in total. The van der Waals surface area contributed by atoms with E-state index in [-0.39, 0.29) is 16.7 Å². The molecule has 0 unspecified atom stereocenters. The fraction of sp³-hybridized carbons (Fsp3) is 0.368. The Hall–Kier alpha value is -2.34. The number of hydrogen-bond acceptors (Lipinski definition) is 8. The fourth-order valence-electron chi connectivity index (χ4n) is 3.37. The van der Waals surface area contributed by atoms with Crippen LogP contribution in [0.15, 0.2) is 24.4 Å². The minimum Gasteiger partial charge on any atom is -0.306 e. The Morgan fingerprint density at radius 2 is 2.00 bits per heavy atom. The topological polar surface area (TPSA) is 117 Å². The van der Waals surface area contributed by atoms with Crippen LogP contribution in [0, 0.1) is 0 Å². The summed E-state index contributed by atoms with van der Waals surface area (Å²) in [5.74, 6) is -0.206. The molecule has 0 radical (unpaired) electrons. The van der Waals surface area contributed by atoms with Crippen LogP contribution in [0.4, 0.5) is 10.8 Å². The van der Waals surface area contributed by atoms with Gasteiger partial charge in [0.1, 0.15) is 10.3 Å². The SMILES string of the molecule is CC(=O)Nc1nc2ccc(-c3cnc(Cl)c(NS(=O)(=O)C4CCN(C)CC4)c3)nc2s1. The highest BCUT2D eigenvalue weighted by Crippen LogP contribution is 2.31. The maximum atomic E-state index is 12.9. The predicted molar refractivity (Wildman–Crippen MR) is 123 cm³/mol. The number of nitrogens with one attached hydrogen (secondary N) is 2. The second kappa shape index (κ2) is 8.65. The number of carbonyl (C=O) groups is 1. The molecule has 2 N–H and O–H groups in total. The quantitative estimate of drug-likeness (QED) is 0.538. The van der Waals surface area contributed by atoms with E-state index in [1.807, 2.05) is 7.05 Å². The molecule has 1 amide bonds. The first kappa shape index (κ1) is 21.9. The molecular weight excluding hydrogens is 460 g/mol. The zero-order valence-corrected chi connectivity index (χ0v) is 19.3. The lowest BCUT2D eigenvalue weighted by Crippen LogP contribution is -2.39. The van der Waals surface area contributed by atoms with Gasteiger partial charge in [-0.05, 0) is 51.2 Å². The first-order valence-corrected chi connectivity index (χ1v) is 12.4. The number of carbonyl (C=O) groups excluding carboxylic acids is 1. The minimum absolute atomic E-state index is 0.0760. The van der Waals surface area contributed by atoms with Crippen LogP contribution in [0.3, 0.4) is 0 Å². The Kier molecular flexibility index (Phi) is 6.11. The molecule has 0 spiro atoms. The number of sulfonamides is 1. The van der Waals surface area contributed by atoms with E-state index in [0.29, 0.717) is 39.6 Å². The van der Waals surface area contributed by atoms with Gasteiger partial charge >= 0.3 is 0 Å². The summed E-state index contributed by atoms with van der Waals surface area (Å²) in [4.78, 5) is 27.0. The van der Waals surface area contributed by atoms with Crippen molar-refractivity contribution in [2.24, 2.45) is 0 Å². The number of halogens is 1. The number of fused-ring (bicyclic) bond motifs is 1. The second-order valence-electron chi connectivity index (χ2n) is 7.43. The average Bonchev–Trinajstić information content (AvgIpc) is 3.10. The monoisotopic (exact) mass is 480 g/mol. The number of piperidine rings is 1. The van der Waals surface area contributed by atoms with Crippen LogP contribution in [0.5, 0.6) is 0 Å². The molecule has 4 heterocycles. The van der Waals surface area contributed by atoms with Gasteiger partial charge in [0.25, 0.3) is 0 Å². The van der Waals surface area contributed by atoms with Crippen molar-refractivity contribution in [2.45, 2.75) is 25.0 Å². The van der Waals surface area contributed by atoms with Crippen LogP contribution in [0.2, 0.25) is 5.15 Å². The number of amides is 1. The number of likely N-dealkylation sites (tertiary alicyclic amines) is 1. The number of hydrogen-bond donors (Lipinski definition) is 2. The molecule has 12 heteroatoms. The Labute approximate surface area is 188 Å². The van der Waals surface area contributed by atoms with Gasteiger partial charge in [0.05, 0.1) is 16.6 Å². The van der Waals surface area contributed by atoms with Gasteiger partial charge in [0.15, 0.2) is 10.3 Å². The van der Waals surface area contributed by atoms with E-state index >= 15 is 0 Å². The lowest BCUT2D eigenvalue weighted by Gasteiger charge is -2.28. The Bertz CT molecular complexity index is 1240. The lowest BCUT2D eigenvalue weighted by atomic mass is 10.1. The van der Waals surface area contributed by atoms with Gasteiger partial charge in [0, 0.05) is 18.7 Å². The van der Waals surface area contributed by atoms with Crippen molar-refractivity contribution in [1.82, 2.24) is 19.9 Å². The van der Waals surface area contributed by atoms with Crippen molar-refractivity contribution >= 4 is 60.0 Å². The third kappa shape index (κ3) is 4.95. The van der Waals surface area contributed by atoms with Crippen LogP contribution in [0.1, 0.15) is 19.8 Å². The normalized spacial score (nSPS) is 15.8. The molecule has 164 valence electrons. The molecule has 0 atom stereocenters. The fourth-order valence-corrected chi connectivity index (χ4v) is 5.92. The highest BCUT2D eigenvalue weighted by Gasteiger charge is 2.29. The molecule has 0 saturated carbocycles. The van der Waals surface area contributed by atoms with Gasteiger partial charge in [-0.2, -0.15) is 0 Å². The average molecular weight is 481 g/mol. The van der Waals surface area contributed by atoms with E-state index in [1.54, 1.807) is 24.4 Å². The van der Waals surface area contributed by atoms with Crippen molar-refractivity contribution in [3.05, 3.63) is 29.5 Å². The Morgan fingerprint density at radius 3 is 2.71 bits per heavy atom. The lowest BCUT2D eigenvalue weighted by molar-refractivity contribution is -0.114. The van der Waals surface area contributed by atoms with E-state index in [9.17, 15) is 13.2 Å². The Balaban J connectivity index is 1.61. The van der Waals surface area contributed by atoms with Crippen LogP contribution >= 0.6 is 22.9 Å². The van der Waals surface area contributed by atoms with Gasteiger partial charge < -0.3 is 10.2 Å². The molecule has 4 rings (SSSR count). The van der Waals surface area contributed by atoms with Crippen LogP contribution < -0.4 is 10.0 Å². The largest absolute Gasteiger partial charge is 0.306 e. The van der Waals surface area contributed by atoms with Crippen molar-refractivity contribution in [2.75, 3.05) is 30.2 Å². The van der Waals surface area contributed by atoms with E-state index in [0.717, 1.165) is 13.1 Å². The van der Waals surface area contributed by atoms with Gasteiger partial charge in [0.2, 0.25) is 15.9 Å². The molecule has 1 fully saturated rings. The molecule has 0 aliphatic carbocycles. The molecule has 1 aliphatic heterocycles. The minimum atomic E-state index is -3.59. The summed E-state index contributed by atoms with van der Waals surface area (Å²) >= 11 is 7.44. The smallest absolute Gasteiger partial charge is 0.235 e. The van der Waals surface area contributed by atoms with Crippen LogP contribution in [0.25, 0.3) is 21.6 Å². The second-order valence-corrected chi connectivity index (χ2v) is 10.7. The molecular formula is C19H21ClN6O3S2. The molecule has 1 aliphatic rings. The van der Waals surface area contributed by atoms with Gasteiger partial charge in [-0.25, -0.2) is 23.4 Å². The third-order valence-electron chi connectivity index (χ3n) is 5.03. The summed E-state index contributed by atoms with van der Waals surface area (Å²) in [7, 11) is -1.62. The van der Waals surface area contributed by atoms with Gasteiger partial charge in [-0.1, -0.05) is 22.9 Å². The number of pyridine rings is 2. The summed E-state index contributed by atoms with van der Waals surface area (Å²) in [5, 5.41) is 2.72. The number of thiazole rings is 1. The third-order valence-corrected chi connectivity index (χ3v) is 8.07. The zero-order valence-electron chi connectivity index (χ0n) is 16.9. The summed E-state index contributed by atoms with van der Waals surface area (Å²) in [6.45, 7) is 2.88. The van der Waals surface area contributed by atoms with Crippen molar-refractivity contribution in [1.29, 1.82) is 0 Å². The van der Waals surface area contributed by atoms with E-state index < -0.39 is 15.3 Å². The molecule has 31 heavy (non-hydrogen) atoms. The first-order chi connectivity index (χ1) is 14.7. The predicted octanol–water partition coefficient (Wildman–Crippen LogP) is 3.20. The summed E-state index contributed by atoms with van der Waals surface area (Å²) in [6, 6.07) is 5.18.